The summed E-state index contributed by atoms with van der Waals surface area (Å²) in [5.74, 6) is 0. The van der Waals surface area contributed by atoms with Crippen molar-refractivity contribution < 1.29 is 23.7 Å². The predicted octanol–water partition coefficient (Wildman–Crippen LogP) is 4.56. The third kappa shape index (κ3) is 13.5. The molecule has 0 bridgehead atoms. The summed E-state index contributed by atoms with van der Waals surface area (Å²) in [6.45, 7) is 6.14. The topological polar surface area (TPSA) is 46.2 Å². The minimum Gasteiger partial charge on any atom is -0.378 e. The highest BCUT2D eigenvalue weighted by molar-refractivity contribution is 14.1. The van der Waals surface area contributed by atoms with Crippen LogP contribution in [-0.2, 0) is 30.3 Å². The minimum atomic E-state index is 0.289. The Hall–Kier alpha value is 1.21. The van der Waals surface area contributed by atoms with E-state index in [0.717, 1.165) is 19.9 Å². The molecule has 0 aliphatic rings. The zero-order valence-corrected chi connectivity index (χ0v) is 22.7. The van der Waals surface area contributed by atoms with Gasteiger partial charge in [0.15, 0.2) is 0 Å². The molecule has 0 N–H and O–H groups in total. The van der Waals surface area contributed by atoms with Crippen LogP contribution in [0.15, 0.2) is 30.3 Å². The van der Waals surface area contributed by atoms with Gasteiger partial charge in [0.2, 0.25) is 0 Å². The van der Waals surface area contributed by atoms with Crippen molar-refractivity contribution in [2.24, 2.45) is 5.41 Å². The Bertz CT molecular complexity index is 452. The molecule has 0 fully saturated rings. The van der Waals surface area contributed by atoms with Crippen LogP contribution < -0.4 is 0 Å². The van der Waals surface area contributed by atoms with E-state index in [4.69, 9.17) is 23.7 Å². The normalized spacial score (nSPS) is 11.8. The lowest BCUT2D eigenvalue weighted by Gasteiger charge is -2.27. The SMILES string of the molecule is ICC(CI)(CI)COCCOCCOCCOCCOCc1ccccc1. The molecule has 0 aromatic heterocycles. The highest BCUT2D eigenvalue weighted by atomic mass is 127. The van der Waals surface area contributed by atoms with Gasteiger partial charge in [0, 0.05) is 18.7 Å². The van der Waals surface area contributed by atoms with Crippen LogP contribution in [0.2, 0.25) is 0 Å². The van der Waals surface area contributed by atoms with Crippen LogP contribution in [0.5, 0.6) is 0 Å². The summed E-state index contributed by atoms with van der Waals surface area (Å²) < 4.78 is 31.2. The molecule has 0 spiro atoms. The average molecular weight is 732 g/mol. The minimum absolute atomic E-state index is 0.289. The van der Waals surface area contributed by atoms with Gasteiger partial charge < -0.3 is 23.7 Å². The molecule has 0 unspecified atom stereocenters. The second-order valence-corrected chi connectivity index (χ2v) is 8.62. The predicted molar refractivity (Wildman–Crippen MR) is 138 cm³/mol. The van der Waals surface area contributed by atoms with Gasteiger partial charge in [-0.15, -0.1) is 0 Å². The standard InChI is InChI=1S/C20H31I3O5/c21-15-20(16-22,17-23)18-28-13-11-26-9-7-24-6-8-25-10-12-27-14-19-4-2-1-3-5-19/h1-5H,6-18H2. The Balaban J connectivity index is 1.79. The van der Waals surface area contributed by atoms with Gasteiger partial charge in [-0.3, -0.25) is 0 Å². The summed E-state index contributed by atoms with van der Waals surface area (Å²) in [5.41, 5.74) is 1.47. The van der Waals surface area contributed by atoms with Crippen molar-refractivity contribution in [3.63, 3.8) is 0 Å². The second kappa shape index (κ2) is 18.9. The van der Waals surface area contributed by atoms with E-state index in [1.54, 1.807) is 0 Å². The van der Waals surface area contributed by atoms with Crippen LogP contribution in [0.1, 0.15) is 5.56 Å². The Morgan fingerprint density at radius 2 is 1.00 bits per heavy atom. The van der Waals surface area contributed by atoms with Crippen LogP contribution in [0.25, 0.3) is 0 Å². The lowest BCUT2D eigenvalue weighted by atomic mass is 9.98. The Kier molecular flexibility index (Phi) is 18.4. The molecule has 0 saturated carbocycles. The number of halogens is 3. The summed E-state index contributed by atoms with van der Waals surface area (Å²) in [6.07, 6.45) is 0. The molecule has 0 aliphatic carbocycles. The van der Waals surface area contributed by atoms with Crippen molar-refractivity contribution in [2.75, 3.05) is 72.7 Å². The molecule has 5 nitrogen and oxygen atoms in total. The molecule has 0 heterocycles. The number of benzene rings is 1. The maximum absolute atomic E-state index is 5.78. The molecular formula is C20H31I3O5. The molecule has 0 radical (unpaired) electrons. The van der Waals surface area contributed by atoms with Crippen molar-refractivity contribution in [1.82, 2.24) is 0 Å². The second-order valence-electron chi connectivity index (χ2n) is 6.33. The van der Waals surface area contributed by atoms with Crippen LogP contribution in [0.4, 0.5) is 0 Å². The fourth-order valence-electron chi connectivity index (χ4n) is 2.05. The van der Waals surface area contributed by atoms with E-state index < -0.39 is 0 Å². The lowest BCUT2D eigenvalue weighted by molar-refractivity contribution is -0.0167. The first-order valence-electron chi connectivity index (χ1n) is 9.37. The summed E-state index contributed by atoms with van der Waals surface area (Å²) in [6, 6.07) is 10.1. The number of rotatable bonds is 19. The Morgan fingerprint density at radius 3 is 1.46 bits per heavy atom. The van der Waals surface area contributed by atoms with E-state index in [1.165, 1.54) is 5.56 Å². The van der Waals surface area contributed by atoms with Gasteiger partial charge in [-0.2, -0.15) is 0 Å². The van der Waals surface area contributed by atoms with Crippen molar-refractivity contribution in [1.29, 1.82) is 0 Å². The molecule has 1 rings (SSSR count). The van der Waals surface area contributed by atoms with Crippen molar-refractivity contribution in [2.45, 2.75) is 6.61 Å². The van der Waals surface area contributed by atoms with Gasteiger partial charge in [-0.05, 0) is 5.56 Å². The maximum Gasteiger partial charge on any atom is 0.0718 e. The van der Waals surface area contributed by atoms with Crippen LogP contribution in [0, 0.1) is 5.41 Å². The fourth-order valence-corrected chi connectivity index (χ4v) is 7.43. The third-order valence-corrected chi connectivity index (χ3v) is 8.71. The number of hydrogen-bond donors (Lipinski definition) is 0. The van der Waals surface area contributed by atoms with Gasteiger partial charge in [0.25, 0.3) is 0 Å². The molecule has 1 aromatic carbocycles. The molecule has 8 heteroatoms. The van der Waals surface area contributed by atoms with E-state index in [1.807, 2.05) is 18.2 Å². The van der Waals surface area contributed by atoms with Crippen molar-refractivity contribution in [3.8, 4) is 0 Å². The van der Waals surface area contributed by atoms with Crippen LogP contribution in [0.3, 0.4) is 0 Å². The number of ether oxygens (including phenoxy) is 5. The summed E-state index contributed by atoms with van der Waals surface area (Å²) in [5, 5.41) is 0. The molecule has 0 saturated heterocycles. The van der Waals surface area contributed by atoms with E-state index in [2.05, 4.69) is 79.9 Å². The quantitative estimate of drug-likeness (QED) is 0.119. The molecule has 162 valence electrons. The summed E-state index contributed by atoms with van der Waals surface area (Å²) in [7, 11) is 0. The average Bonchev–Trinajstić information content (AvgIpc) is 2.75. The number of hydrogen-bond acceptors (Lipinski definition) is 5. The summed E-state index contributed by atoms with van der Waals surface area (Å²) >= 11 is 7.35. The number of alkyl halides is 3. The highest BCUT2D eigenvalue weighted by Crippen LogP contribution is 2.26. The lowest BCUT2D eigenvalue weighted by Crippen LogP contribution is -2.33. The van der Waals surface area contributed by atoms with Gasteiger partial charge in [0.05, 0.1) is 66.1 Å². The monoisotopic (exact) mass is 732 g/mol. The molecule has 1 aromatic rings. The van der Waals surface area contributed by atoms with E-state index >= 15 is 0 Å². The van der Waals surface area contributed by atoms with Crippen molar-refractivity contribution in [3.05, 3.63) is 35.9 Å². The first-order valence-corrected chi connectivity index (χ1v) is 13.9. The van der Waals surface area contributed by atoms with Crippen molar-refractivity contribution >= 4 is 67.8 Å². The molecule has 0 aliphatic heterocycles. The Labute approximate surface area is 210 Å². The van der Waals surface area contributed by atoms with E-state index in [0.29, 0.717) is 59.5 Å². The van der Waals surface area contributed by atoms with Gasteiger partial charge in [0.1, 0.15) is 0 Å². The first kappa shape index (κ1) is 27.2. The van der Waals surface area contributed by atoms with Crippen LogP contribution >= 0.6 is 67.8 Å². The van der Waals surface area contributed by atoms with Gasteiger partial charge >= 0.3 is 0 Å². The smallest absolute Gasteiger partial charge is 0.0718 e. The van der Waals surface area contributed by atoms with E-state index in [9.17, 15) is 0 Å². The summed E-state index contributed by atoms with van der Waals surface area (Å²) in [4.78, 5) is 0. The zero-order chi connectivity index (χ0) is 20.3. The fraction of sp³-hybridized carbons (Fsp3) is 0.700. The van der Waals surface area contributed by atoms with Crippen LogP contribution in [-0.4, -0.2) is 72.7 Å². The first-order chi connectivity index (χ1) is 13.8. The highest BCUT2D eigenvalue weighted by Gasteiger charge is 2.26. The Morgan fingerprint density at radius 1 is 0.571 bits per heavy atom. The zero-order valence-electron chi connectivity index (χ0n) is 16.3. The van der Waals surface area contributed by atoms with E-state index in [-0.39, 0.29) is 5.41 Å². The van der Waals surface area contributed by atoms with Gasteiger partial charge in [-0.25, -0.2) is 0 Å². The third-order valence-electron chi connectivity index (χ3n) is 3.86. The maximum atomic E-state index is 5.78. The molecule has 0 atom stereocenters. The van der Waals surface area contributed by atoms with Gasteiger partial charge in [-0.1, -0.05) is 98.1 Å². The molecular weight excluding hydrogens is 701 g/mol. The largest absolute Gasteiger partial charge is 0.378 e. The molecule has 28 heavy (non-hydrogen) atoms. The molecule has 0 amide bonds.